The molecule has 87 valence electrons. The van der Waals surface area contributed by atoms with Crippen LogP contribution in [0.2, 0.25) is 0 Å². The van der Waals surface area contributed by atoms with Gasteiger partial charge in [-0.2, -0.15) is 0 Å². The van der Waals surface area contributed by atoms with Gasteiger partial charge < -0.3 is 0 Å². The van der Waals surface area contributed by atoms with E-state index in [4.69, 9.17) is 11.6 Å². The van der Waals surface area contributed by atoms with E-state index in [1.165, 1.54) is 0 Å². The van der Waals surface area contributed by atoms with Gasteiger partial charge in [-0.25, -0.2) is 0 Å². The van der Waals surface area contributed by atoms with Crippen molar-refractivity contribution in [1.82, 2.24) is 5.43 Å². The number of hydrogen-bond donors (Lipinski definition) is 0. The van der Waals surface area contributed by atoms with Crippen LogP contribution in [0.1, 0.15) is 11.1 Å². The fourth-order valence-corrected chi connectivity index (χ4v) is 2.15. The number of rotatable bonds is 2. The molecule has 1 aliphatic rings. The van der Waals surface area contributed by atoms with E-state index in [1.807, 2.05) is 60.7 Å². The number of nitrogens with zero attached hydrogens (tertiary/aromatic N) is 2. The van der Waals surface area contributed by atoms with E-state index < -0.39 is 0 Å². The molecule has 0 amide bonds. The van der Waals surface area contributed by atoms with Gasteiger partial charge >= 0.3 is 0 Å². The van der Waals surface area contributed by atoms with Crippen molar-refractivity contribution in [3.63, 3.8) is 0 Å². The van der Waals surface area contributed by atoms with Gasteiger partial charge in [0.25, 0.3) is 0 Å². The molecule has 0 fully saturated rings. The minimum atomic E-state index is 0.604. The molecule has 2 nitrogen and oxygen atoms in total. The number of hydrogen-bond acceptors (Lipinski definition) is 1. The summed E-state index contributed by atoms with van der Waals surface area (Å²) in [7, 11) is 0. The molecule has 2 aromatic carbocycles. The lowest BCUT2D eigenvalue weighted by molar-refractivity contribution is 0.994. The lowest BCUT2D eigenvalue weighted by Gasteiger charge is -2.01. The quantitative estimate of drug-likeness (QED) is 0.782. The van der Waals surface area contributed by atoms with E-state index in [2.05, 4.69) is 10.5 Å². The number of benzene rings is 2. The van der Waals surface area contributed by atoms with Crippen molar-refractivity contribution >= 4 is 23.0 Å². The summed E-state index contributed by atoms with van der Waals surface area (Å²) < 4.78 is 0. The normalized spacial score (nSPS) is 14.4. The molecule has 0 saturated carbocycles. The highest BCUT2D eigenvalue weighted by molar-refractivity contribution is 6.49. The molecule has 2 aromatic rings. The van der Waals surface area contributed by atoms with Crippen LogP contribution in [0, 0.1) is 0 Å². The van der Waals surface area contributed by atoms with Crippen molar-refractivity contribution < 1.29 is 0 Å². The Hall–Kier alpha value is -2.06. The molecule has 3 heteroatoms. The number of allylic oxidation sites excluding steroid dienone is 1. The van der Waals surface area contributed by atoms with Crippen LogP contribution in [0.4, 0.5) is 0 Å². The molecule has 0 atom stereocenters. The molecule has 0 aromatic heterocycles. The molecule has 1 aliphatic heterocycles. The largest absolute Gasteiger partial charge is 0.148 e. The van der Waals surface area contributed by atoms with Crippen LogP contribution in [0.3, 0.4) is 0 Å². The van der Waals surface area contributed by atoms with E-state index in [9.17, 15) is 0 Å². The Balaban J connectivity index is 2.00. The smallest absolute Gasteiger partial charge is 0.114 e. The molecule has 0 spiro atoms. The first-order valence-electron chi connectivity index (χ1n) is 5.66. The topological polar surface area (TPSA) is 26.5 Å². The fraction of sp³-hybridized carbons (Fsp3) is 0. The summed E-state index contributed by atoms with van der Waals surface area (Å²) >= 11 is 6.37. The minimum Gasteiger partial charge on any atom is -0.148 e. The van der Waals surface area contributed by atoms with Gasteiger partial charge in [0.1, 0.15) is 11.4 Å². The maximum Gasteiger partial charge on any atom is 0.114 e. The second-order valence-corrected chi connectivity index (χ2v) is 4.32. The minimum absolute atomic E-state index is 0.604. The third kappa shape index (κ3) is 1.91. The molecule has 0 unspecified atom stereocenters. The average Bonchev–Trinajstić information content (AvgIpc) is 2.83. The van der Waals surface area contributed by atoms with Crippen LogP contribution in [-0.2, 0) is 0 Å². The van der Waals surface area contributed by atoms with Crippen LogP contribution < -0.4 is 5.43 Å². The zero-order valence-corrected chi connectivity index (χ0v) is 10.3. The molecule has 18 heavy (non-hydrogen) atoms. The van der Waals surface area contributed by atoms with Gasteiger partial charge in [-0.05, 0) is 0 Å². The molecule has 1 radical (unpaired) electrons. The van der Waals surface area contributed by atoms with E-state index in [-0.39, 0.29) is 0 Å². The zero-order chi connectivity index (χ0) is 12.4. The lowest BCUT2D eigenvalue weighted by atomic mass is 10.1. The summed E-state index contributed by atoms with van der Waals surface area (Å²) in [5, 5.41) is 4.78. The van der Waals surface area contributed by atoms with Crippen molar-refractivity contribution in [2.24, 2.45) is 5.10 Å². The van der Waals surface area contributed by atoms with Crippen LogP contribution >= 0.6 is 11.6 Å². The summed E-state index contributed by atoms with van der Waals surface area (Å²) in [5.41, 5.74) is 7.61. The van der Waals surface area contributed by atoms with Crippen molar-refractivity contribution in [3.8, 4) is 0 Å². The molecular formula is C15H10ClN2. The first-order valence-corrected chi connectivity index (χ1v) is 6.04. The first kappa shape index (κ1) is 11.1. The van der Waals surface area contributed by atoms with Gasteiger partial charge in [0.15, 0.2) is 0 Å². The molecular weight excluding hydrogens is 244 g/mol. The van der Waals surface area contributed by atoms with E-state index in [0.29, 0.717) is 5.03 Å². The third-order valence-electron chi connectivity index (χ3n) is 2.76. The summed E-state index contributed by atoms with van der Waals surface area (Å²) in [6, 6.07) is 19.7. The fourth-order valence-electron chi connectivity index (χ4n) is 1.86. The Kier molecular flexibility index (Phi) is 2.87. The molecule has 0 aliphatic carbocycles. The Morgan fingerprint density at radius 2 is 1.28 bits per heavy atom. The Labute approximate surface area is 111 Å². The van der Waals surface area contributed by atoms with Crippen molar-refractivity contribution in [2.45, 2.75) is 0 Å². The summed E-state index contributed by atoms with van der Waals surface area (Å²) in [6.07, 6.45) is 0. The maximum absolute atomic E-state index is 6.37. The molecule has 0 bridgehead atoms. The highest BCUT2D eigenvalue weighted by atomic mass is 35.5. The van der Waals surface area contributed by atoms with Crippen molar-refractivity contribution in [1.29, 1.82) is 0 Å². The Morgan fingerprint density at radius 3 is 1.89 bits per heavy atom. The predicted molar refractivity (Wildman–Crippen MR) is 74.3 cm³/mol. The third-order valence-corrected chi connectivity index (χ3v) is 3.12. The van der Waals surface area contributed by atoms with E-state index in [0.717, 1.165) is 22.5 Å². The van der Waals surface area contributed by atoms with Gasteiger partial charge in [-0.1, -0.05) is 72.3 Å². The SMILES string of the molecule is ClC1=C(c2ccccc2)[N]N=C1c1ccccc1. The summed E-state index contributed by atoms with van der Waals surface area (Å²) in [4.78, 5) is 0. The lowest BCUT2D eigenvalue weighted by Crippen LogP contribution is -1.97. The Bertz CT molecular complexity index is 572. The van der Waals surface area contributed by atoms with Gasteiger partial charge in [-0.15, -0.1) is 10.5 Å². The molecule has 3 rings (SSSR count). The second-order valence-electron chi connectivity index (χ2n) is 3.94. The van der Waals surface area contributed by atoms with Crippen LogP contribution in [0.15, 0.2) is 70.8 Å². The Morgan fingerprint density at radius 1 is 0.722 bits per heavy atom. The van der Waals surface area contributed by atoms with Crippen LogP contribution in [-0.4, -0.2) is 5.71 Å². The van der Waals surface area contributed by atoms with Crippen LogP contribution in [0.25, 0.3) is 5.70 Å². The predicted octanol–water partition coefficient (Wildman–Crippen LogP) is 3.62. The summed E-state index contributed by atoms with van der Waals surface area (Å²) in [6.45, 7) is 0. The van der Waals surface area contributed by atoms with Gasteiger partial charge in [0.2, 0.25) is 0 Å². The monoisotopic (exact) mass is 253 g/mol. The van der Waals surface area contributed by atoms with Crippen molar-refractivity contribution in [2.75, 3.05) is 0 Å². The molecule has 0 saturated heterocycles. The highest BCUT2D eigenvalue weighted by Gasteiger charge is 2.21. The molecule has 1 heterocycles. The number of halogens is 1. The average molecular weight is 254 g/mol. The highest BCUT2D eigenvalue weighted by Crippen LogP contribution is 2.28. The van der Waals surface area contributed by atoms with E-state index in [1.54, 1.807) is 0 Å². The second kappa shape index (κ2) is 4.67. The van der Waals surface area contributed by atoms with Gasteiger partial charge in [0.05, 0.1) is 5.03 Å². The standard InChI is InChI=1S/C15H10ClN2/c16-13-14(11-7-3-1-4-8-11)17-18-15(13)12-9-5-2-6-10-12/h1-10H. The van der Waals surface area contributed by atoms with Crippen LogP contribution in [0.5, 0.6) is 0 Å². The maximum atomic E-state index is 6.37. The molecule has 0 N–H and O–H groups in total. The first-order chi connectivity index (χ1) is 8.86. The summed E-state index contributed by atoms with van der Waals surface area (Å²) in [5.74, 6) is 0. The zero-order valence-electron chi connectivity index (χ0n) is 9.55. The van der Waals surface area contributed by atoms with Crippen molar-refractivity contribution in [3.05, 3.63) is 76.8 Å². The van der Waals surface area contributed by atoms with E-state index >= 15 is 0 Å². The van der Waals surface area contributed by atoms with Gasteiger partial charge in [0, 0.05) is 11.1 Å². The van der Waals surface area contributed by atoms with Gasteiger partial charge in [-0.3, -0.25) is 0 Å².